The molecule has 0 aromatic heterocycles. The SMILES string of the molecule is Clc1ccc(NC2CCOCC2Cl)c(Cl)c1. The predicted octanol–water partition coefficient (Wildman–Crippen LogP) is 3.80. The molecule has 0 aliphatic carbocycles. The van der Waals surface area contributed by atoms with Crippen molar-refractivity contribution in [3.05, 3.63) is 28.2 Å². The van der Waals surface area contributed by atoms with Crippen molar-refractivity contribution in [3.63, 3.8) is 0 Å². The van der Waals surface area contributed by atoms with Crippen LogP contribution in [0.4, 0.5) is 5.69 Å². The zero-order valence-electron chi connectivity index (χ0n) is 8.55. The first-order chi connectivity index (χ1) is 7.66. The van der Waals surface area contributed by atoms with Crippen LogP contribution in [-0.4, -0.2) is 24.6 Å². The highest BCUT2D eigenvalue weighted by Crippen LogP contribution is 2.28. The van der Waals surface area contributed by atoms with Gasteiger partial charge < -0.3 is 10.1 Å². The molecule has 1 N–H and O–H groups in total. The zero-order chi connectivity index (χ0) is 11.5. The molecule has 0 bridgehead atoms. The van der Waals surface area contributed by atoms with Crippen LogP contribution in [0.2, 0.25) is 10.0 Å². The number of hydrogen-bond donors (Lipinski definition) is 1. The van der Waals surface area contributed by atoms with Crippen molar-refractivity contribution in [2.45, 2.75) is 17.8 Å². The van der Waals surface area contributed by atoms with E-state index in [1.54, 1.807) is 12.1 Å². The molecule has 1 saturated heterocycles. The van der Waals surface area contributed by atoms with Gasteiger partial charge in [0.05, 0.1) is 22.7 Å². The average Bonchev–Trinajstić information content (AvgIpc) is 2.25. The minimum atomic E-state index is -0.0273. The summed E-state index contributed by atoms with van der Waals surface area (Å²) < 4.78 is 5.27. The first-order valence-electron chi connectivity index (χ1n) is 5.10. The summed E-state index contributed by atoms with van der Waals surface area (Å²) in [5.41, 5.74) is 0.864. The lowest BCUT2D eigenvalue weighted by Crippen LogP contribution is -2.38. The van der Waals surface area contributed by atoms with E-state index in [0.717, 1.165) is 18.7 Å². The first kappa shape index (κ1) is 12.3. The molecular formula is C11H12Cl3NO. The lowest BCUT2D eigenvalue weighted by Gasteiger charge is -2.29. The van der Waals surface area contributed by atoms with E-state index in [0.29, 0.717) is 16.7 Å². The average molecular weight is 281 g/mol. The van der Waals surface area contributed by atoms with Crippen LogP contribution in [0.3, 0.4) is 0 Å². The fraction of sp³-hybridized carbons (Fsp3) is 0.455. The molecule has 1 fully saturated rings. The van der Waals surface area contributed by atoms with Gasteiger partial charge in [0.15, 0.2) is 0 Å². The van der Waals surface area contributed by atoms with E-state index < -0.39 is 0 Å². The summed E-state index contributed by atoms with van der Waals surface area (Å²) in [6, 6.07) is 5.57. The Hall–Kier alpha value is -0.150. The van der Waals surface area contributed by atoms with E-state index in [1.165, 1.54) is 0 Å². The molecule has 1 heterocycles. The topological polar surface area (TPSA) is 21.3 Å². The van der Waals surface area contributed by atoms with Crippen LogP contribution in [-0.2, 0) is 4.74 Å². The Labute approximate surface area is 110 Å². The number of alkyl halides is 1. The Bertz CT molecular complexity index is 372. The Morgan fingerprint density at radius 1 is 1.31 bits per heavy atom. The predicted molar refractivity (Wildman–Crippen MR) is 68.9 cm³/mol. The molecule has 1 aliphatic rings. The summed E-state index contributed by atoms with van der Waals surface area (Å²) in [7, 11) is 0. The molecule has 1 aromatic carbocycles. The zero-order valence-corrected chi connectivity index (χ0v) is 10.8. The van der Waals surface area contributed by atoms with Crippen molar-refractivity contribution in [1.82, 2.24) is 0 Å². The van der Waals surface area contributed by atoms with Crippen molar-refractivity contribution >= 4 is 40.5 Å². The third-order valence-corrected chi connectivity index (χ3v) is 3.54. The van der Waals surface area contributed by atoms with E-state index in [4.69, 9.17) is 39.5 Å². The highest BCUT2D eigenvalue weighted by Gasteiger charge is 2.24. The Morgan fingerprint density at radius 2 is 2.12 bits per heavy atom. The lowest BCUT2D eigenvalue weighted by molar-refractivity contribution is 0.0935. The molecule has 0 saturated carbocycles. The molecule has 16 heavy (non-hydrogen) atoms. The lowest BCUT2D eigenvalue weighted by atomic mass is 10.1. The smallest absolute Gasteiger partial charge is 0.0771 e. The summed E-state index contributed by atoms with van der Waals surface area (Å²) in [5, 5.41) is 4.54. The monoisotopic (exact) mass is 279 g/mol. The minimum absolute atomic E-state index is 0.0273. The molecule has 5 heteroatoms. The maximum absolute atomic E-state index is 6.16. The fourth-order valence-corrected chi connectivity index (χ4v) is 2.41. The second-order valence-electron chi connectivity index (χ2n) is 3.75. The summed E-state index contributed by atoms with van der Waals surface area (Å²) >= 11 is 18.1. The second-order valence-corrected chi connectivity index (χ2v) is 5.16. The molecular weight excluding hydrogens is 268 g/mol. The van der Waals surface area contributed by atoms with Crippen LogP contribution in [0.5, 0.6) is 0 Å². The van der Waals surface area contributed by atoms with Gasteiger partial charge in [0.1, 0.15) is 0 Å². The van der Waals surface area contributed by atoms with Gasteiger partial charge in [-0.15, -0.1) is 11.6 Å². The molecule has 0 spiro atoms. The van der Waals surface area contributed by atoms with Crippen molar-refractivity contribution in [2.24, 2.45) is 0 Å². The van der Waals surface area contributed by atoms with Crippen LogP contribution in [0.15, 0.2) is 18.2 Å². The number of nitrogens with one attached hydrogen (secondary N) is 1. The van der Waals surface area contributed by atoms with Gasteiger partial charge in [-0.1, -0.05) is 23.2 Å². The van der Waals surface area contributed by atoms with Gasteiger partial charge in [0, 0.05) is 17.7 Å². The molecule has 2 unspecified atom stereocenters. The van der Waals surface area contributed by atoms with Gasteiger partial charge in [-0.3, -0.25) is 0 Å². The largest absolute Gasteiger partial charge is 0.380 e. The molecule has 0 radical (unpaired) electrons. The van der Waals surface area contributed by atoms with Crippen LogP contribution in [0, 0.1) is 0 Å². The number of benzene rings is 1. The number of halogens is 3. The maximum atomic E-state index is 6.16. The normalized spacial score (nSPS) is 25.4. The molecule has 2 atom stereocenters. The second kappa shape index (κ2) is 5.46. The van der Waals surface area contributed by atoms with E-state index in [-0.39, 0.29) is 11.4 Å². The van der Waals surface area contributed by atoms with Crippen LogP contribution in [0.25, 0.3) is 0 Å². The van der Waals surface area contributed by atoms with Gasteiger partial charge in [0.2, 0.25) is 0 Å². The van der Waals surface area contributed by atoms with E-state index in [9.17, 15) is 0 Å². The molecule has 2 nitrogen and oxygen atoms in total. The molecule has 2 rings (SSSR count). The summed E-state index contributed by atoms with van der Waals surface area (Å²) in [6.07, 6.45) is 0.882. The van der Waals surface area contributed by atoms with Crippen molar-refractivity contribution < 1.29 is 4.74 Å². The third kappa shape index (κ3) is 2.95. The summed E-state index contributed by atoms with van der Waals surface area (Å²) in [5.74, 6) is 0. The first-order valence-corrected chi connectivity index (χ1v) is 6.29. The highest BCUT2D eigenvalue weighted by atomic mass is 35.5. The van der Waals surface area contributed by atoms with Gasteiger partial charge >= 0.3 is 0 Å². The molecule has 1 aliphatic heterocycles. The fourth-order valence-electron chi connectivity index (χ4n) is 1.67. The van der Waals surface area contributed by atoms with E-state index in [1.807, 2.05) is 6.07 Å². The van der Waals surface area contributed by atoms with Crippen LogP contribution >= 0.6 is 34.8 Å². The standard InChI is InChI=1S/C11H12Cl3NO/c12-7-1-2-10(8(13)5-7)15-11-3-4-16-6-9(11)14/h1-2,5,9,11,15H,3-4,6H2. The van der Waals surface area contributed by atoms with E-state index >= 15 is 0 Å². The van der Waals surface area contributed by atoms with Crippen LogP contribution in [0.1, 0.15) is 6.42 Å². The van der Waals surface area contributed by atoms with Gasteiger partial charge in [-0.2, -0.15) is 0 Å². The Kier molecular flexibility index (Phi) is 4.20. The number of anilines is 1. The highest BCUT2D eigenvalue weighted by molar-refractivity contribution is 6.36. The number of hydrogen-bond acceptors (Lipinski definition) is 2. The van der Waals surface area contributed by atoms with Crippen LogP contribution < -0.4 is 5.32 Å². The van der Waals surface area contributed by atoms with Gasteiger partial charge in [-0.25, -0.2) is 0 Å². The van der Waals surface area contributed by atoms with E-state index in [2.05, 4.69) is 5.32 Å². The van der Waals surface area contributed by atoms with Crippen molar-refractivity contribution in [3.8, 4) is 0 Å². The quantitative estimate of drug-likeness (QED) is 0.832. The maximum Gasteiger partial charge on any atom is 0.0771 e. The minimum Gasteiger partial charge on any atom is -0.380 e. The Balaban J connectivity index is 2.07. The third-order valence-electron chi connectivity index (χ3n) is 2.56. The summed E-state index contributed by atoms with van der Waals surface area (Å²) in [6.45, 7) is 1.30. The van der Waals surface area contributed by atoms with Gasteiger partial charge in [0.25, 0.3) is 0 Å². The van der Waals surface area contributed by atoms with Crippen molar-refractivity contribution in [2.75, 3.05) is 18.5 Å². The molecule has 0 amide bonds. The Morgan fingerprint density at radius 3 is 2.81 bits per heavy atom. The number of rotatable bonds is 2. The summed E-state index contributed by atoms with van der Waals surface area (Å²) in [4.78, 5) is 0. The van der Waals surface area contributed by atoms with Gasteiger partial charge in [-0.05, 0) is 24.6 Å². The molecule has 88 valence electrons. The number of ether oxygens (including phenoxy) is 1. The van der Waals surface area contributed by atoms with Crippen molar-refractivity contribution in [1.29, 1.82) is 0 Å². The molecule has 1 aromatic rings.